The number of rotatable bonds is 3. The second-order valence-corrected chi connectivity index (χ2v) is 5.66. The molecular weight excluding hydrogens is 362 g/mol. The first-order valence-electron chi connectivity index (χ1n) is 5.23. The Morgan fingerprint density at radius 2 is 1.61 bits per heavy atom. The van der Waals surface area contributed by atoms with E-state index in [4.69, 9.17) is 0 Å². The molecule has 0 saturated carbocycles. The van der Waals surface area contributed by atoms with Gasteiger partial charge in [0.15, 0.2) is 0 Å². The summed E-state index contributed by atoms with van der Waals surface area (Å²) < 4.78 is 1.71. The summed E-state index contributed by atoms with van der Waals surface area (Å²) in [4.78, 5) is 10.6. The van der Waals surface area contributed by atoms with Crippen LogP contribution in [-0.4, -0.2) is 4.92 Å². The predicted octanol–water partition coefficient (Wildman–Crippen LogP) is 4.71. The molecule has 2 aromatic rings. The van der Waals surface area contributed by atoms with Gasteiger partial charge >= 0.3 is 0 Å². The van der Waals surface area contributed by atoms with Crippen LogP contribution in [-0.2, 0) is 6.42 Å². The number of halogens is 2. The summed E-state index contributed by atoms with van der Waals surface area (Å²) in [6.45, 7) is 0. The Morgan fingerprint density at radius 1 is 1.00 bits per heavy atom. The zero-order chi connectivity index (χ0) is 13.1. The average Bonchev–Trinajstić information content (AvgIpc) is 2.34. The van der Waals surface area contributed by atoms with E-state index in [-0.39, 0.29) is 10.6 Å². The fourth-order valence-corrected chi connectivity index (χ4v) is 2.29. The lowest BCUT2D eigenvalue weighted by molar-refractivity contribution is -0.385. The minimum absolute atomic E-state index is 0.146. The average molecular weight is 371 g/mol. The van der Waals surface area contributed by atoms with E-state index in [2.05, 4.69) is 31.9 Å². The van der Waals surface area contributed by atoms with Crippen LogP contribution in [0.1, 0.15) is 11.1 Å². The summed E-state index contributed by atoms with van der Waals surface area (Å²) in [7, 11) is 0. The van der Waals surface area contributed by atoms with E-state index < -0.39 is 0 Å². The topological polar surface area (TPSA) is 43.1 Å². The van der Waals surface area contributed by atoms with Gasteiger partial charge in [0.1, 0.15) is 0 Å². The van der Waals surface area contributed by atoms with Crippen molar-refractivity contribution in [1.29, 1.82) is 0 Å². The first kappa shape index (κ1) is 13.2. The van der Waals surface area contributed by atoms with Crippen molar-refractivity contribution in [2.45, 2.75) is 6.42 Å². The summed E-state index contributed by atoms with van der Waals surface area (Å²) in [5.74, 6) is 0. The van der Waals surface area contributed by atoms with E-state index in [1.165, 1.54) is 6.07 Å². The van der Waals surface area contributed by atoms with Gasteiger partial charge in [0, 0.05) is 27.0 Å². The highest BCUT2D eigenvalue weighted by Gasteiger charge is 2.14. The molecule has 0 radical (unpaired) electrons. The normalized spacial score (nSPS) is 10.3. The van der Waals surface area contributed by atoms with Gasteiger partial charge in [-0.15, -0.1) is 0 Å². The Kier molecular flexibility index (Phi) is 4.14. The molecule has 0 aromatic heterocycles. The maximum atomic E-state index is 11.0. The minimum Gasteiger partial charge on any atom is -0.258 e. The van der Waals surface area contributed by atoms with Crippen molar-refractivity contribution in [2.24, 2.45) is 0 Å². The predicted molar refractivity (Wildman–Crippen MR) is 77.7 cm³/mol. The van der Waals surface area contributed by atoms with Gasteiger partial charge in [-0.05, 0) is 23.8 Å². The standard InChI is InChI=1S/C13H9Br2NO2/c14-11-4-1-9(2-5-11)7-10-3-6-12(15)8-13(10)16(17)18/h1-6,8H,7H2. The van der Waals surface area contributed by atoms with Crippen LogP contribution in [0.4, 0.5) is 5.69 Å². The monoisotopic (exact) mass is 369 g/mol. The third kappa shape index (κ3) is 3.17. The molecule has 0 spiro atoms. The molecule has 3 nitrogen and oxygen atoms in total. The van der Waals surface area contributed by atoms with Crippen LogP contribution in [0.15, 0.2) is 51.4 Å². The third-order valence-corrected chi connectivity index (χ3v) is 3.57. The molecule has 0 aliphatic rings. The van der Waals surface area contributed by atoms with Crippen LogP contribution >= 0.6 is 31.9 Å². The first-order chi connectivity index (χ1) is 8.56. The van der Waals surface area contributed by atoms with Crippen molar-refractivity contribution in [3.05, 3.63) is 72.7 Å². The van der Waals surface area contributed by atoms with Crippen LogP contribution < -0.4 is 0 Å². The van der Waals surface area contributed by atoms with Gasteiger partial charge < -0.3 is 0 Å². The van der Waals surface area contributed by atoms with Crippen molar-refractivity contribution < 1.29 is 4.92 Å². The summed E-state index contributed by atoms with van der Waals surface area (Å²) in [6, 6.07) is 12.9. The van der Waals surface area contributed by atoms with E-state index in [0.29, 0.717) is 16.5 Å². The second-order valence-electron chi connectivity index (χ2n) is 3.83. The van der Waals surface area contributed by atoms with Crippen molar-refractivity contribution in [3.63, 3.8) is 0 Å². The lowest BCUT2D eigenvalue weighted by Crippen LogP contribution is -1.96. The van der Waals surface area contributed by atoms with Crippen LogP contribution in [0, 0.1) is 10.1 Å². The minimum atomic E-state index is -0.348. The highest BCUT2D eigenvalue weighted by molar-refractivity contribution is 9.10. The molecule has 2 aromatic carbocycles. The van der Waals surface area contributed by atoms with Gasteiger partial charge in [-0.1, -0.05) is 50.1 Å². The first-order valence-corrected chi connectivity index (χ1v) is 6.82. The number of nitro groups is 1. The van der Waals surface area contributed by atoms with E-state index >= 15 is 0 Å². The van der Waals surface area contributed by atoms with Gasteiger partial charge in [-0.3, -0.25) is 10.1 Å². The summed E-state index contributed by atoms with van der Waals surface area (Å²) in [6.07, 6.45) is 0.552. The van der Waals surface area contributed by atoms with E-state index in [1.807, 2.05) is 30.3 Å². The van der Waals surface area contributed by atoms with Crippen LogP contribution in [0.5, 0.6) is 0 Å². The molecule has 0 N–H and O–H groups in total. The molecule has 5 heteroatoms. The Bertz CT molecular complexity index is 582. The van der Waals surface area contributed by atoms with Crippen LogP contribution in [0.3, 0.4) is 0 Å². The maximum Gasteiger partial charge on any atom is 0.274 e. The Morgan fingerprint density at radius 3 is 2.22 bits per heavy atom. The molecule has 0 bridgehead atoms. The quantitative estimate of drug-likeness (QED) is 0.580. The largest absolute Gasteiger partial charge is 0.274 e. The van der Waals surface area contributed by atoms with Gasteiger partial charge in [0.25, 0.3) is 5.69 Å². The maximum absolute atomic E-state index is 11.0. The molecule has 92 valence electrons. The van der Waals surface area contributed by atoms with Crippen molar-refractivity contribution in [1.82, 2.24) is 0 Å². The molecule has 0 amide bonds. The van der Waals surface area contributed by atoms with E-state index in [9.17, 15) is 10.1 Å². The fraction of sp³-hybridized carbons (Fsp3) is 0.0769. The zero-order valence-corrected chi connectivity index (χ0v) is 12.4. The van der Waals surface area contributed by atoms with E-state index in [0.717, 1.165) is 10.0 Å². The molecule has 0 atom stereocenters. The van der Waals surface area contributed by atoms with Gasteiger partial charge in [-0.25, -0.2) is 0 Å². The second kappa shape index (κ2) is 5.63. The third-order valence-electron chi connectivity index (χ3n) is 2.55. The number of nitro benzene ring substituents is 1. The molecule has 0 saturated heterocycles. The molecule has 0 aliphatic heterocycles. The SMILES string of the molecule is O=[N+]([O-])c1cc(Br)ccc1Cc1ccc(Br)cc1. The number of hydrogen-bond acceptors (Lipinski definition) is 2. The molecular formula is C13H9Br2NO2. The highest BCUT2D eigenvalue weighted by Crippen LogP contribution is 2.26. The van der Waals surface area contributed by atoms with Crippen molar-refractivity contribution in [3.8, 4) is 0 Å². The molecule has 0 unspecified atom stereocenters. The fourth-order valence-electron chi connectivity index (χ4n) is 1.68. The number of nitrogens with zero attached hydrogens (tertiary/aromatic N) is 1. The number of hydrogen-bond donors (Lipinski definition) is 0. The Hall–Kier alpha value is -1.20. The van der Waals surface area contributed by atoms with Crippen molar-refractivity contribution in [2.75, 3.05) is 0 Å². The number of benzene rings is 2. The molecule has 0 fully saturated rings. The van der Waals surface area contributed by atoms with Crippen LogP contribution in [0.25, 0.3) is 0 Å². The lowest BCUT2D eigenvalue weighted by atomic mass is 10.0. The van der Waals surface area contributed by atoms with E-state index in [1.54, 1.807) is 6.07 Å². The van der Waals surface area contributed by atoms with Gasteiger partial charge in [-0.2, -0.15) is 0 Å². The zero-order valence-electron chi connectivity index (χ0n) is 9.27. The Labute approximate surface area is 121 Å². The molecule has 2 rings (SSSR count). The molecule has 18 heavy (non-hydrogen) atoms. The van der Waals surface area contributed by atoms with Crippen LogP contribution in [0.2, 0.25) is 0 Å². The van der Waals surface area contributed by atoms with Gasteiger partial charge in [0.2, 0.25) is 0 Å². The summed E-state index contributed by atoms with van der Waals surface area (Å²) in [5.41, 5.74) is 1.90. The summed E-state index contributed by atoms with van der Waals surface area (Å²) >= 11 is 6.61. The lowest BCUT2D eigenvalue weighted by Gasteiger charge is -2.04. The highest BCUT2D eigenvalue weighted by atomic mass is 79.9. The smallest absolute Gasteiger partial charge is 0.258 e. The van der Waals surface area contributed by atoms with Gasteiger partial charge in [0.05, 0.1) is 4.92 Å². The summed E-state index contributed by atoms with van der Waals surface area (Å²) in [5, 5.41) is 11.0. The molecule has 0 heterocycles. The Balaban J connectivity index is 2.34. The van der Waals surface area contributed by atoms with Crippen molar-refractivity contribution >= 4 is 37.5 Å². The molecule has 0 aliphatic carbocycles.